The predicted octanol–water partition coefficient (Wildman–Crippen LogP) is 2.30. The second-order valence-corrected chi connectivity index (χ2v) is 6.80. The Labute approximate surface area is 141 Å². The van der Waals surface area contributed by atoms with Crippen LogP contribution >= 0.6 is 0 Å². The molecule has 0 aliphatic heterocycles. The van der Waals surface area contributed by atoms with Gasteiger partial charge in [-0.15, -0.1) is 0 Å². The molecule has 0 radical (unpaired) electrons. The molecule has 1 amide bonds. The maximum atomic E-state index is 12.4. The number of benzene rings is 1. The van der Waals surface area contributed by atoms with E-state index in [1.54, 1.807) is 11.6 Å². The molecule has 1 atom stereocenters. The number of carbonyl (C=O) groups is 2. The highest BCUT2D eigenvalue weighted by Gasteiger charge is 2.26. The van der Waals surface area contributed by atoms with Crippen LogP contribution in [0.4, 0.5) is 0 Å². The van der Waals surface area contributed by atoms with Crippen LogP contribution in [0.25, 0.3) is 11.0 Å². The molecule has 0 aliphatic rings. The van der Waals surface area contributed by atoms with Crippen molar-refractivity contribution in [2.24, 2.45) is 12.5 Å². The highest BCUT2D eigenvalue weighted by Crippen LogP contribution is 2.22. The number of hydrogen-bond donors (Lipinski definition) is 1. The Balaban J connectivity index is 2.10. The van der Waals surface area contributed by atoms with Crippen molar-refractivity contribution in [1.29, 1.82) is 5.26 Å². The van der Waals surface area contributed by atoms with Crippen LogP contribution in [0.15, 0.2) is 24.3 Å². The Morgan fingerprint density at radius 2 is 2.00 bits per heavy atom. The van der Waals surface area contributed by atoms with Gasteiger partial charge in [-0.05, 0) is 12.1 Å². The fourth-order valence-electron chi connectivity index (χ4n) is 2.40. The summed E-state index contributed by atoms with van der Waals surface area (Å²) in [7, 11) is 1.80. The zero-order chi connectivity index (χ0) is 17.9. The molecule has 126 valence electrons. The molecular formula is C18H22N4O2. The first-order valence-corrected chi connectivity index (χ1v) is 7.87. The van der Waals surface area contributed by atoms with Gasteiger partial charge in [0.15, 0.2) is 11.7 Å². The monoisotopic (exact) mass is 326 g/mol. The average Bonchev–Trinajstić information content (AvgIpc) is 2.84. The van der Waals surface area contributed by atoms with Crippen molar-refractivity contribution in [3.05, 3.63) is 30.1 Å². The van der Waals surface area contributed by atoms with E-state index >= 15 is 0 Å². The van der Waals surface area contributed by atoms with E-state index in [1.807, 2.05) is 51.1 Å². The normalized spacial score (nSPS) is 12.6. The third-order valence-electron chi connectivity index (χ3n) is 3.87. The number of aryl methyl sites for hydroxylation is 1. The molecule has 1 heterocycles. The maximum absolute atomic E-state index is 12.4. The minimum absolute atomic E-state index is 0.100. The summed E-state index contributed by atoms with van der Waals surface area (Å²) in [6.45, 7) is 5.64. The fraction of sp³-hybridized carbons (Fsp3) is 0.444. The molecule has 24 heavy (non-hydrogen) atoms. The first-order chi connectivity index (χ1) is 11.3. The van der Waals surface area contributed by atoms with E-state index in [2.05, 4.69) is 10.3 Å². The Morgan fingerprint density at radius 1 is 1.33 bits per heavy atom. The molecule has 0 saturated heterocycles. The van der Waals surface area contributed by atoms with Gasteiger partial charge in [-0.2, -0.15) is 5.26 Å². The zero-order valence-electron chi connectivity index (χ0n) is 14.5. The predicted molar refractivity (Wildman–Crippen MR) is 91.2 cm³/mol. The SMILES string of the molecule is Cn1c(C(C#N)C(=O)CCNC(=O)C(C)(C)C)nc2ccccc21. The number of imidazole rings is 1. The highest BCUT2D eigenvalue weighted by atomic mass is 16.2. The summed E-state index contributed by atoms with van der Waals surface area (Å²) in [6, 6.07) is 9.54. The molecule has 1 unspecified atom stereocenters. The van der Waals surface area contributed by atoms with Crippen molar-refractivity contribution in [2.75, 3.05) is 6.54 Å². The highest BCUT2D eigenvalue weighted by molar-refractivity contribution is 5.89. The van der Waals surface area contributed by atoms with Crippen molar-refractivity contribution in [2.45, 2.75) is 33.1 Å². The molecule has 2 aromatic rings. The van der Waals surface area contributed by atoms with Gasteiger partial charge in [0.25, 0.3) is 0 Å². The van der Waals surface area contributed by atoms with Crippen molar-refractivity contribution < 1.29 is 9.59 Å². The molecule has 1 aromatic carbocycles. The lowest BCUT2D eigenvalue weighted by Crippen LogP contribution is -2.36. The third-order valence-corrected chi connectivity index (χ3v) is 3.87. The average molecular weight is 326 g/mol. The van der Waals surface area contributed by atoms with E-state index in [-0.39, 0.29) is 24.7 Å². The number of para-hydroxylation sites is 2. The molecule has 2 rings (SSSR count). The number of carbonyl (C=O) groups excluding carboxylic acids is 2. The van der Waals surface area contributed by atoms with Gasteiger partial charge in [0.1, 0.15) is 5.82 Å². The maximum Gasteiger partial charge on any atom is 0.225 e. The molecule has 6 heteroatoms. The summed E-state index contributed by atoms with van der Waals surface area (Å²) in [5.74, 6) is -0.864. The molecule has 0 aliphatic carbocycles. The Kier molecular flexibility index (Phi) is 5.03. The van der Waals surface area contributed by atoms with E-state index in [0.717, 1.165) is 11.0 Å². The Bertz CT molecular complexity index is 809. The van der Waals surface area contributed by atoms with Crippen molar-refractivity contribution >= 4 is 22.7 Å². The lowest BCUT2D eigenvalue weighted by atomic mass is 9.95. The van der Waals surface area contributed by atoms with E-state index in [0.29, 0.717) is 5.82 Å². The molecule has 1 aromatic heterocycles. The quantitative estimate of drug-likeness (QED) is 0.913. The Hall–Kier alpha value is -2.68. The van der Waals surface area contributed by atoms with Crippen molar-refractivity contribution in [3.8, 4) is 6.07 Å². The van der Waals surface area contributed by atoms with Crippen LogP contribution in [-0.2, 0) is 16.6 Å². The van der Waals surface area contributed by atoms with E-state index in [4.69, 9.17) is 0 Å². The lowest BCUT2D eigenvalue weighted by Gasteiger charge is -2.17. The van der Waals surface area contributed by atoms with Gasteiger partial charge in [0, 0.05) is 25.4 Å². The summed E-state index contributed by atoms with van der Waals surface area (Å²) in [4.78, 5) is 28.7. The van der Waals surface area contributed by atoms with Crippen molar-refractivity contribution in [3.63, 3.8) is 0 Å². The molecular weight excluding hydrogens is 304 g/mol. The molecule has 0 spiro atoms. The van der Waals surface area contributed by atoms with Crippen molar-refractivity contribution in [1.82, 2.24) is 14.9 Å². The lowest BCUT2D eigenvalue weighted by molar-refractivity contribution is -0.128. The van der Waals surface area contributed by atoms with Crippen LogP contribution in [0.5, 0.6) is 0 Å². The largest absolute Gasteiger partial charge is 0.355 e. The number of ketones is 1. The summed E-state index contributed by atoms with van der Waals surface area (Å²) >= 11 is 0. The number of Topliss-reactive ketones (excluding diaryl/α,β-unsaturated/α-hetero) is 1. The summed E-state index contributed by atoms with van der Waals surface area (Å²) in [6.07, 6.45) is 0.100. The number of nitrogens with one attached hydrogen (secondary N) is 1. The smallest absolute Gasteiger partial charge is 0.225 e. The van der Waals surface area contributed by atoms with Gasteiger partial charge in [0.2, 0.25) is 5.91 Å². The van der Waals surface area contributed by atoms with Gasteiger partial charge < -0.3 is 9.88 Å². The van der Waals surface area contributed by atoms with E-state index in [9.17, 15) is 14.9 Å². The second kappa shape index (κ2) is 6.83. The number of fused-ring (bicyclic) bond motifs is 1. The molecule has 0 saturated carbocycles. The Morgan fingerprint density at radius 3 is 2.58 bits per heavy atom. The minimum Gasteiger partial charge on any atom is -0.355 e. The number of aromatic nitrogens is 2. The van der Waals surface area contributed by atoms with Crippen LogP contribution in [0.2, 0.25) is 0 Å². The van der Waals surface area contributed by atoms with Crippen LogP contribution in [-0.4, -0.2) is 27.8 Å². The van der Waals surface area contributed by atoms with Crippen LogP contribution in [0, 0.1) is 16.7 Å². The molecule has 1 N–H and O–H groups in total. The second-order valence-electron chi connectivity index (χ2n) is 6.80. The molecule has 6 nitrogen and oxygen atoms in total. The van der Waals surface area contributed by atoms with E-state index < -0.39 is 11.3 Å². The summed E-state index contributed by atoms with van der Waals surface area (Å²) < 4.78 is 1.77. The number of nitrogens with zero attached hydrogens (tertiary/aromatic N) is 3. The van der Waals surface area contributed by atoms with Gasteiger partial charge >= 0.3 is 0 Å². The summed E-state index contributed by atoms with van der Waals surface area (Å²) in [5.41, 5.74) is 1.13. The van der Waals surface area contributed by atoms with Gasteiger partial charge in [-0.25, -0.2) is 4.98 Å². The summed E-state index contributed by atoms with van der Waals surface area (Å²) in [5, 5.41) is 12.2. The first-order valence-electron chi connectivity index (χ1n) is 7.87. The number of rotatable bonds is 5. The first kappa shape index (κ1) is 17.7. The zero-order valence-corrected chi connectivity index (χ0v) is 14.5. The van der Waals surface area contributed by atoms with E-state index in [1.165, 1.54) is 0 Å². The van der Waals surface area contributed by atoms with Crippen LogP contribution < -0.4 is 5.32 Å². The number of amides is 1. The van der Waals surface area contributed by atoms with Gasteiger partial charge in [-0.1, -0.05) is 32.9 Å². The number of hydrogen-bond acceptors (Lipinski definition) is 4. The molecule has 0 fully saturated rings. The fourth-order valence-corrected chi connectivity index (χ4v) is 2.40. The standard InChI is InChI=1S/C18H22N4O2/c1-18(2,3)17(24)20-10-9-15(23)12(11-19)16-21-13-7-5-6-8-14(13)22(16)4/h5-8,12H,9-10H2,1-4H3,(H,20,24). The van der Waals surface area contributed by atoms with Gasteiger partial charge in [-0.3, -0.25) is 9.59 Å². The molecule has 0 bridgehead atoms. The third kappa shape index (κ3) is 3.62. The minimum atomic E-state index is -0.936. The van der Waals surface area contributed by atoms with Gasteiger partial charge in [0.05, 0.1) is 17.1 Å². The van der Waals surface area contributed by atoms with Crippen LogP contribution in [0.3, 0.4) is 0 Å². The number of nitriles is 1. The van der Waals surface area contributed by atoms with Crippen LogP contribution in [0.1, 0.15) is 38.9 Å². The topological polar surface area (TPSA) is 87.8 Å².